The molecule has 1 rings (SSSR count). The second-order valence-corrected chi connectivity index (χ2v) is 2.89. The Bertz CT molecular complexity index is 68.8. The molecule has 0 aromatic heterocycles. The van der Waals surface area contributed by atoms with Crippen LogP contribution in [0.25, 0.3) is 0 Å². The van der Waals surface area contributed by atoms with Gasteiger partial charge in [-0.15, -0.1) is 11.6 Å². The summed E-state index contributed by atoms with van der Waals surface area (Å²) in [6.07, 6.45) is 1.56. The van der Waals surface area contributed by atoms with Crippen LogP contribution in [-0.4, -0.2) is 10.9 Å². The molecule has 0 amide bonds. The molecule has 0 aliphatic carbocycles. The van der Waals surface area contributed by atoms with Crippen LogP contribution in [0.15, 0.2) is 0 Å². The van der Waals surface area contributed by atoms with Gasteiger partial charge in [-0.25, -0.2) is 0 Å². The molecular formula is C5H7Cl2O. The summed E-state index contributed by atoms with van der Waals surface area (Å²) in [7, 11) is 0. The summed E-state index contributed by atoms with van der Waals surface area (Å²) in [4.78, 5) is 0. The minimum absolute atomic E-state index is 0.172. The van der Waals surface area contributed by atoms with E-state index in [0.29, 0.717) is 0 Å². The third kappa shape index (κ3) is 1.81. The SMILES string of the molecule is ClC1C[CH]OC(Cl)C1. The molecule has 2 unspecified atom stereocenters. The molecule has 1 aliphatic heterocycles. The highest BCUT2D eigenvalue weighted by Crippen LogP contribution is 2.22. The molecule has 1 nitrogen and oxygen atoms in total. The topological polar surface area (TPSA) is 9.23 Å². The van der Waals surface area contributed by atoms with Crippen LogP contribution in [-0.2, 0) is 4.74 Å². The predicted molar refractivity (Wildman–Crippen MR) is 33.9 cm³/mol. The summed E-state index contributed by atoms with van der Waals surface area (Å²) in [6.45, 7) is 1.67. The van der Waals surface area contributed by atoms with Crippen molar-refractivity contribution in [3.05, 3.63) is 6.61 Å². The molecule has 0 aromatic carbocycles. The van der Waals surface area contributed by atoms with Crippen LogP contribution in [0.5, 0.6) is 0 Å². The van der Waals surface area contributed by atoms with E-state index < -0.39 is 0 Å². The zero-order valence-corrected chi connectivity index (χ0v) is 5.82. The van der Waals surface area contributed by atoms with Gasteiger partial charge in [-0.1, -0.05) is 11.6 Å². The Balaban J connectivity index is 2.23. The molecule has 0 aromatic rings. The van der Waals surface area contributed by atoms with Crippen LogP contribution in [0.1, 0.15) is 12.8 Å². The van der Waals surface area contributed by atoms with Crippen molar-refractivity contribution in [2.24, 2.45) is 0 Å². The van der Waals surface area contributed by atoms with Gasteiger partial charge in [0.25, 0.3) is 0 Å². The molecule has 0 saturated carbocycles. The van der Waals surface area contributed by atoms with E-state index in [0.717, 1.165) is 12.8 Å². The Labute approximate surface area is 58.9 Å². The highest BCUT2D eigenvalue weighted by Gasteiger charge is 2.18. The first-order valence-corrected chi connectivity index (χ1v) is 3.41. The van der Waals surface area contributed by atoms with Gasteiger partial charge in [-0.2, -0.15) is 0 Å². The zero-order valence-electron chi connectivity index (χ0n) is 4.31. The molecule has 3 heteroatoms. The normalized spacial score (nSPS) is 39.8. The lowest BCUT2D eigenvalue weighted by Gasteiger charge is -2.19. The average molecular weight is 154 g/mol. The lowest BCUT2D eigenvalue weighted by Crippen LogP contribution is -2.17. The fraction of sp³-hybridized carbons (Fsp3) is 0.800. The summed E-state index contributed by atoms with van der Waals surface area (Å²) in [5.74, 6) is 0. The molecule has 0 N–H and O–H groups in total. The maximum atomic E-state index is 5.72. The minimum Gasteiger partial charge on any atom is -0.356 e. The molecular weight excluding hydrogens is 147 g/mol. The summed E-state index contributed by atoms with van der Waals surface area (Å²) in [5.41, 5.74) is -0.203. The van der Waals surface area contributed by atoms with Crippen molar-refractivity contribution < 1.29 is 4.74 Å². The van der Waals surface area contributed by atoms with Gasteiger partial charge in [0.05, 0.1) is 6.61 Å². The molecule has 0 bridgehead atoms. The van der Waals surface area contributed by atoms with Crippen molar-refractivity contribution in [3.8, 4) is 0 Å². The zero-order chi connectivity index (χ0) is 5.98. The van der Waals surface area contributed by atoms with E-state index in [-0.39, 0.29) is 10.9 Å². The fourth-order valence-corrected chi connectivity index (χ4v) is 1.23. The van der Waals surface area contributed by atoms with Crippen molar-refractivity contribution in [2.75, 3.05) is 0 Å². The van der Waals surface area contributed by atoms with Gasteiger partial charge in [-0.3, -0.25) is 0 Å². The van der Waals surface area contributed by atoms with Crippen molar-refractivity contribution in [3.63, 3.8) is 0 Å². The first-order chi connectivity index (χ1) is 3.79. The van der Waals surface area contributed by atoms with E-state index in [1.54, 1.807) is 6.61 Å². The number of ether oxygens (including phenoxy) is 1. The number of hydrogen-bond acceptors (Lipinski definition) is 1. The highest BCUT2D eigenvalue weighted by molar-refractivity contribution is 6.23. The monoisotopic (exact) mass is 153 g/mol. The largest absolute Gasteiger partial charge is 0.356 e. The molecule has 1 aliphatic rings. The number of alkyl halides is 2. The van der Waals surface area contributed by atoms with Gasteiger partial charge in [0.2, 0.25) is 0 Å². The summed E-state index contributed by atoms with van der Waals surface area (Å²) >= 11 is 11.3. The van der Waals surface area contributed by atoms with Crippen molar-refractivity contribution >= 4 is 23.2 Å². The Morgan fingerprint density at radius 3 is 2.62 bits per heavy atom. The summed E-state index contributed by atoms with van der Waals surface area (Å²) < 4.78 is 4.90. The lowest BCUT2D eigenvalue weighted by atomic mass is 10.2. The smallest absolute Gasteiger partial charge is 0.133 e. The van der Waals surface area contributed by atoms with Crippen LogP contribution < -0.4 is 0 Å². The van der Waals surface area contributed by atoms with Gasteiger partial charge < -0.3 is 4.74 Å². The Kier molecular flexibility index (Phi) is 2.42. The van der Waals surface area contributed by atoms with Crippen molar-refractivity contribution in [2.45, 2.75) is 23.8 Å². The van der Waals surface area contributed by atoms with Gasteiger partial charge in [0.15, 0.2) is 0 Å². The van der Waals surface area contributed by atoms with Crippen molar-refractivity contribution in [1.82, 2.24) is 0 Å². The standard InChI is InChI=1S/C5H7Cl2O/c6-4-1-2-8-5(7)3-4/h2,4-5H,1,3H2. The average Bonchev–Trinajstić information content (AvgIpc) is 1.64. The third-order valence-corrected chi connectivity index (χ3v) is 1.67. The van der Waals surface area contributed by atoms with E-state index in [4.69, 9.17) is 27.9 Å². The second-order valence-electron chi connectivity index (χ2n) is 1.78. The van der Waals surface area contributed by atoms with E-state index in [1.165, 1.54) is 0 Å². The minimum atomic E-state index is -0.203. The predicted octanol–water partition coefficient (Wildman–Crippen LogP) is 2.13. The quantitative estimate of drug-likeness (QED) is 0.485. The molecule has 47 valence electrons. The van der Waals surface area contributed by atoms with E-state index in [2.05, 4.69) is 0 Å². The van der Waals surface area contributed by atoms with E-state index in [1.807, 2.05) is 0 Å². The van der Waals surface area contributed by atoms with Crippen LogP contribution in [0, 0.1) is 6.61 Å². The maximum Gasteiger partial charge on any atom is 0.133 e. The molecule has 0 spiro atoms. The van der Waals surface area contributed by atoms with E-state index >= 15 is 0 Å². The maximum absolute atomic E-state index is 5.72. The first-order valence-electron chi connectivity index (χ1n) is 2.54. The molecule has 1 radical (unpaired) electrons. The highest BCUT2D eigenvalue weighted by atomic mass is 35.5. The number of halogens is 2. The Morgan fingerprint density at radius 2 is 2.25 bits per heavy atom. The van der Waals surface area contributed by atoms with Crippen molar-refractivity contribution in [1.29, 1.82) is 0 Å². The lowest BCUT2D eigenvalue weighted by molar-refractivity contribution is 0.125. The Morgan fingerprint density at radius 1 is 1.50 bits per heavy atom. The molecule has 1 fully saturated rings. The van der Waals surface area contributed by atoms with Gasteiger partial charge in [0.1, 0.15) is 5.56 Å². The molecule has 8 heavy (non-hydrogen) atoms. The number of rotatable bonds is 0. The molecule has 1 saturated heterocycles. The van der Waals surface area contributed by atoms with Crippen LogP contribution in [0.4, 0.5) is 0 Å². The van der Waals surface area contributed by atoms with Gasteiger partial charge in [-0.05, 0) is 6.42 Å². The van der Waals surface area contributed by atoms with Crippen LogP contribution in [0.2, 0.25) is 0 Å². The fourth-order valence-electron chi connectivity index (χ4n) is 0.617. The van der Waals surface area contributed by atoms with Crippen LogP contribution >= 0.6 is 23.2 Å². The van der Waals surface area contributed by atoms with E-state index in [9.17, 15) is 0 Å². The van der Waals surface area contributed by atoms with Gasteiger partial charge in [0, 0.05) is 11.8 Å². The molecule has 1 heterocycles. The first kappa shape index (κ1) is 6.66. The second kappa shape index (κ2) is 2.90. The van der Waals surface area contributed by atoms with Crippen LogP contribution in [0.3, 0.4) is 0 Å². The van der Waals surface area contributed by atoms with Gasteiger partial charge >= 0.3 is 0 Å². The summed E-state index contributed by atoms with van der Waals surface area (Å²) in [6, 6.07) is 0. The molecule has 2 atom stereocenters. The summed E-state index contributed by atoms with van der Waals surface area (Å²) in [5, 5.41) is 0.172. The Hall–Kier alpha value is 0.540. The third-order valence-electron chi connectivity index (χ3n) is 1.04. The number of hydrogen-bond donors (Lipinski definition) is 0.